The molecule has 1 aromatic carbocycles. The van der Waals surface area contributed by atoms with Gasteiger partial charge in [-0.3, -0.25) is 9.88 Å². The SMILES string of the molecule is Nc1cc(F)ccc1CN1CCCC1c1ccncc1. The lowest BCUT2D eigenvalue weighted by molar-refractivity contribution is 0.249. The fraction of sp³-hybridized carbons (Fsp3) is 0.312. The van der Waals surface area contributed by atoms with Gasteiger partial charge in [-0.25, -0.2) is 4.39 Å². The van der Waals surface area contributed by atoms with E-state index in [1.54, 1.807) is 6.07 Å². The van der Waals surface area contributed by atoms with Crippen LogP contribution < -0.4 is 5.73 Å². The number of halogens is 1. The van der Waals surface area contributed by atoms with Crippen molar-refractivity contribution in [3.8, 4) is 0 Å². The molecule has 3 nitrogen and oxygen atoms in total. The van der Waals surface area contributed by atoms with Crippen LogP contribution in [0, 0.1) is 5.82 Å². The highest BCUT2D eigenvalue weighted by atomic mass is 19.1. The Kier molecular flexibility index (Phi) is 3.65. The van der Waals surface area contributed by atoms with Crippen molar-refractivity contribution in [3.05, 3.63) is 59.7 Å². The monoisotopic (exact) mass is 271 g/mol. The van der Waals surface area contributed by atoms with Crippen molar-refractivity contribution >= 4 is 5.69 Å². The summed E-state index contributed by atoms with van der Waals surface area (Å²) in [5.41, 5.74) is 8.72. The van der Waals surface area contributed by atoms with E-state index in [0.717, 1.165) is 25.1 Å². The van der Waals surface area contributed by atoms with E-state index in [2.05, 4.69) is 22.0 Å². The number of nitrogens with two attached hydrogens (primary N) is 1. The molecule has 0 amide bonds. The number of anilines is 1. The van der Waals surface area contributed by atoms with Gasteiger partial charge in [-0.2, -0.15) is 0 Å². The molecule has 1 fully saturated rings. The van der Waals surface area contributed by atoms with Crippen LogP contribution in [0.5, 0.6) is 0 Å². The zero-order valence-electron chi connectivity index (χ0n) is 11.3. The minimum atomic E-state index is -0.279. The van der Waals surface area contributed by atoms with E-state index in [4.69, 9.17) is 5.73 Å². The molecule has 1 unspecified atom stereocenters. The maximum atomic E-state index is 13.1. The maximum Gasteiger partial charge on any atom is 0.125 e. The fourth-order valence-electron chi connectivity index (χ4n) is 2.91. The Morgan fingerprint density at radius 1 is 1.25 bits per heavy atom. The summed E-state index contributed by atoms with van der Waals surface area (Å²) in [5, 5.41) is 0. The van der Waals surface area contributed by atoms with Gasteiger partial charge in [-0.05, 0) is 54.8 Å². The first-order chi connectivity index (χ1) is 9.74. The van der Waals surface area contributed by atoms with E-state index < -0.39 is 0 Å². The normalized spacial score (nSPS) is 19.4. The van der Waals surface area contributed by atoms with Crippen LogP contribution in [0.25, 0.3) is 0 Å². The molecule has 1 atom stereocenters. The Hall–Kier alpha value is -1.94. The maximum absolute atomic E-state index is 13.1. The highest BCUT2D eigenvalue weighted by molar-refractivity contribution is 5.46. The molecule has 1 aliphatic heterocycles. The summed E-state index contributed by atoms with van der Waals surface area (Å²) in [5.74, 6) is -0.279. The topological polar surface area (TPSA) is 42.1 Å². The van der Waals surface area contributed by atoms with Gasteiger partial charge in [-0.15, -0.1) is 0 Å². The van der Waals surface area contributed by atoms with E-state index in [1.165, 1.54) is 24.1 Å². The molecule has 1 aliphatic rings. The Morgan fingerprint density at radius 2 is 2.05 bits per heavy atom. The molecule has 1 aromatic heterocycles. The lowest BCUT2D eigenvalue weighted by atomic mass is 10.1. The summed E-state index contributed by atoms with van der Waals surface area (Å²) in [6.07, 6.45) is 5.98. The molecule has 2 N–H and O–H groups in total. The van der Waals surface area contributed by atoms with Crippen LogP contribution in [-0.2, 0) is 6.54 Å². The van der Waals surface area contributed by atoms with Crippen molar-refractivity contribution in [3.63, 3.8) is 0 Å². The number of hydrogen-bond donors (Lipinski definition) is 1. The van der Waals surface area contributed by atoms with Gasteiger partial charge in [-0.1, -0.05) is 6.07 Å². The lowest BCUT2D eigenvalue weighted by Gasteiger charge is -2.25. The predicted octanol–water partition coefficient (Wildman–Crippen LogP) is 3.14. The number of benzene rings is 1. The second-order valence-corrected chi connectivity index (χ2v) is 5.25. The van der Waals surface area contributed by atoms with Crippen LogP contribution in [-0.4, -0.2) is 16.4 Å². The van der Waals surface area contributed by atoms with Gasteiger partial charge >= 0.3 is 0 Å². The first kappa shape index (κ1) is 13.1. The van der Waals surface area contributed by atoms with E-state index >= 15 is 0 Å². The van der Waals surface area contributed by atoms with Crippen molar-refractivity contribution in [1.82, 2.24) is 9.88 Å². The Balaban J connectivity index is 1.79. The highest BCUT2D eigenvalue weighted by Crippen LogP contribution is 2.33. The smallest absolute Gasteiger partial charge is 0.125 e. The number of aromatic nitrogens is 1. The molecule has 0 aliphatic carbocycles. The molecule has 0 radical (unpaired) electrons. The lowest BCUT2D eigenvalue weighted by Crippen LogP contribution is -2.23. The molecule has 3 rings (SSSR count). The highest BCUT2D eigenvalue weighted by Gasteiger charge is 2.26. The summed E-state index contributed by atoms with van der Waals surface area (Å²) in [6.45, 7) is 1.81. The van der Waals surface area contributed by atoms with Gasteiger partial charge in [0.15, 0.2) is 0 Å². The molecule has 20 heavy (non-hydrogen) atoms. The number of rotatable bonds is 3. The minimum absolute atomic E-state index is 0.279. The van der Waals surface area contributed by atoms with Crippen molar-refractivity contribution in [1.29, 1.82) is 0 Å². The van der Waals surface area contributed by atoms with Gasteiger partial charge in [0.2, 0.25) is 0 Å². The van der Waals surface area contributed by atoms with Gasteiger partial charge in [0.25, 0.3) is 0 Å². The number of hydrogen-bond acceptors (Lipinski definition) is 3. The number of likely N-dealkylation sites (tertiary alicyclic amines) is 1. The molecule has 0 saturated carbocycles. The Morgan fingerprint density at radius 3 is 2.80 bits per heavy atom. The van der Waals surface area contributed by atoms with Crippen LogP contribution in [0.4, 0.5) is 10.1 Å². The predicted molar refractivity (Wildman–Crippen MR) is 77.4 cm³/mol. The Labute approximate surface area is 118 Å². The average Bonchev–Trinajstić information content (AvgIpc) is 2.91. The third-order valence-electron chi connectivity index (χ3n) is 3.94. The second kappa shape index (κ2) is 5.59. The molecule has 1 saturated heterocycles. The number of nitrogen functional groups attached to an aromatic ring is 1. The summed E-state index contributed by atoms with van der Waals surface area (Å²) >= 11 is 0. The molecule has 104 valence electrons. The zero-order chi connectivity index (χ0) is 13.9. The van der Waals surface area contributed by atoms with Crippen LogP contribution >= 0.6 is 0 Å². The van der Waals surface area contributed by atoms with Crippen molar-refractivity contribution < 1.29 is 4.39 Å². The average molecular weight is 271 g/mol. The van der Waals surface area contributed by atoms with Gasteiger partial charge in [0.05, 0.1) is 0 Å². The molecule has 2 heterocycles. The van der Waals surface area contributed by atoms with Gasteiger partial charge in [0.1, 0.15) is 5.82 Å². The summed E-state index contributed by atoms with van der Waals surface area (Å²) < 4.78 is 13.1. The summed E-state index contributed by atoms with van der Waals surface area (Å²) in [4.78, 5) is 6.47. The molecule has 4 heteroatoms. The molecular weight excluding hydrogens is 253 g/mol. The van der Waals surface area contributed by atoms with Crippen LogP contribution in [0.3, 0.4) is 0 Å². The fourth-order valence-corrected chi connectivity index (χ4v) is 2.91. The van der Waals surface area contributed by atoms with Gasteiger partial charge in [0, 0.05) is 30.7 Å². The largest absolute Gasteiger partial charge is 0.398 e. The number of nitrogens with zero attached hydrogens (tertiary/aromatic N) is 2. The van der Waals surface area contributed by atoms with Gasteiger partial charge < -0.3 is 5.73 Å². The molecule has 2 aromatic rings. The third-order valence-corrected chi connectivity index (χ3v) is 3.94. The first-order valence-electron chi connectivity index (χ1n) is 6.92. The zero-order valence-corrected chi connectivity index (χ0v) is 11.3. The minimum Gasteiger partial charge on any atom is -0.398 e. The molecule has 0 spiro atoms. The quantitative estimate of drug-likeness (QED) is 0.872. The van der Waals surface area contributed by atoms with Crippen LogP contribution in [0.2, 0.25) is 0 Å². The Bertz CT molecular complexity index is 586. The molecule has 0 bridgehead atoms. The van der Waals surface area contributed by atoms with E-state index in [-0.39, 0.29) is 5.82 Å². The second-order valence-electron chi connectivity index (χ2n) is 5.25. The third kappa shape index (κ3) is 2.65. The number of pyridine rings is 1. The van der Waals surface area contributed by atoms with E-state index in [9.17, 15) is 4.39 Å². The van der Waals surface area contributed by atoms with Crippen molar-refractivity contribution in [2.75, 3.05) is 12.3 Å². The van der Waals surface area contributed by atoms with Crippen molar-refractivity contribution in [2.24, 2.45) is 0 Å². The summed E-state index contributed by atoms with van der Waals surface area (Å²) in [7, 11) is 0. The van der Waals surface area contributed by atoms with Crippen molar-refractivity contribution in [2.45, 2.75) is 25.4 Å². The first-order valence-corrected chi connectivity index (χ1v) is 6.92. The standard InChI is InChI=1S/C16H18FN3/c17-14-4-3-13(15(18)10-14)11-20-9-1-2-16(20)12-5-7-19-8-6-12/h3-8,10,16H,1-2,9,11,18H2. The van der Waals surface area contributed by atoms with E-state index in [0.29, 0.717) is 11.7 Å². The van der Waals surface area contributed by atoms with Crippen LogP contribution in [0.1, 0.15) is 30.0 Å². The van der Waals surface area contributed by atoms with Crippen LogP contribution in [0.15, 0.2) is 42.7 Å². The molecular formula is C16H18FN3. The van der Waals surface area contributed by atoms with E-state index in [1.807, 2.05) is 12.4 Å². The summed E-state index contributed by atoms with van der Waals surface area (Å²) in [6, 6.07) is 9.19.